The highest BCUT2D eigenvalue weighted by molar-refractivity contribution is 6.13. The average molecular weight is 516 g/mol. The van der Waals surface area contributed by atoms with Gasteiger partial charge in [0.05, 0.1) is 23.7 Å². The molecule has 9 nitrogen and oxygen atoms in total. The topological polar surface area (TPSA) is 123 Å². The van der Waals surface area contributed by atoms with Crippen LogP contribution < -0.4 is 0 Å². The lowest BCUT2D eigenvalue weighted by Gasteiger charge is -2.54. The fourth-order valence-electron chi connectivity index (χ4n) is 7.50. The first-order chi connectivity index (χ1) is 17.5. The summed E-state index contributed by atoms with van der Waals surface area (Å²) in [4.78, 5) is 41.6. The monoisotopic (exact) mass is 515 g/mol. The van der Waals surface area contributed by atoms with E-state index in [1.54, 1.807) is 6.20 Å². The standard InChI is InChI=1S/C28H37NO8/c1-15(30)36-18-12-27(2)17(8-9-19(27)31)21-23(18)28(3)20(14-35-4)37-26(34)16(22(28)25(33)24(21)32)13-29-10-6-5-7-11-29/h13,17-20,31,33H,5-12,14H2,1-4H3/t17?,18-,19+,20-,27+,28+/m1/s1. The summed E-state index contributed by atoms with van der Waals surface area (Å²) < 4.78 is 17.2. The van der Waals surface area contributed by atoms with Crippen molar-refractivity contribution in [1.82, 2.24) is 4.90 Å². The molecule has 202 valence electrons. The fourth-order valence-corrected chi connectivity index (χ4v) is 7.50. The number of likely N-dealkylation sites (tertiary alicyclic amines) is 1. The molecule has 5 rings (SSSR count). The number of carbonyl (C=O) groups is 3. The van der Waals surface area contributed by atoms with E-state index in [0.717, 1.165) is 32.4 Å². The van der Waals surface area contributed by atoms with Crippen molar-refractivity contribution in [3.63, 3.8) is 0 Å². The third-order valence-electron chi connectivity index (χ3n) is 9.36. The molecule has 2 N–H and O–H groups in total. The van der Waals surface area contributed by atoms with Gasteiger partial charge in [-0.05, 0) is 56.9 Å². The molecule has 2 heterocycles. The van der Waals surface area contributed by atoms with Gasteiger partial charge in [0.25, 0.3) is 0 Å². The number of piperidine rings is 1. The fraction of sp³-hybridized carbons (Fsp3) is 0.679. The average Bonchev–Trinajstić information content (AvgIpc) is 3.14. The highest BCUT2D eigenvalue weighted by atomic mass is 16.6. The largest absolute Gasteiger partial charge is 0.504 e. The zero-order chi connectivity index (χ0) is 26.7. The number of allylic oxidation sites excluding steroid dienone is 1. The van der Waals surface area contributed by atoms with Crippen LogP contribution in [0.1, 0.15) is 59.3 Å². The molecule has 0 spiro atoms. The third kappa shape index (κ3) is 3.84. The van der Waals surface area contributed by atoms with Crippen molar-refractivity contribution in [1.29, 1.82) is 0 Å². The van der Waals surface area contributed by atoms with E-state index in [-0.39, 0.29) is 23.7 Å². The first-order valence-electron chi connectivity index (χ1n) is 13.3. The summed E-state index contributed by atoms with van der Waals surface area (Å²) in [6.45, 7) is 6.62. The van der Waals surface area contributed by atoms with Gasteiger partial charge in [-0.1, -0.05) is 6.92 Å². The number of ketones is 1. The number of carbonyl (C=O) groups excluding carboxylic acids is 3. The van der Waals surface area contributed by atoms with Crippen LogP contribution in [0.15, 0.2) is 34.3 Å². The third-order valence-corrected chi connectivity index (χ3v) is 9.36. The van der Waals surface area contributed by atoms with Crippen LogP contribution in [0, 0.1) is 16.7 Å². The molecular weight excluding hydrogens is 478 g/mol. The summed E-state index contributed by atoms with van der Waals surface area (Å²) in [6.07, 6.45) is 3.83. The van der Waals surface area contributed by atoms with Crippen molar-refractivity contribution in [2.45, 2.75) is 77.6 Å². The molecule has 0 aromatic rings. The van der Waals surface area contributed by atoms with Crippen LogP contribution in [0.3, 0.4) is 0 Å². The summed E-state index contributed by atoms with van der Waals surface area (Å²) in [7, 11) is 1.50. The predicted molar refractivity (Wildman–Crippen MR) is 132 cm³/mol. The van der Waals surface area contributed by atoms with Crippen LogP contribution in [0.25, 0.3) is 0 Å². The number of methoxy groups -OCH3 is 1. The molecule has 6 atom stereocenters. The van der Waals surface area contributed by atoms with Gasteiger partial charge < -0.3 is 29.3 Å². The molecule has 0 radical (unpaired) electrons. The SMILES string of the molecule is COC[C@H]1OC(=O)C(=CN2CCCCC2)C2=C(O)C(=O)C3=C([C@H](OC(C)=O)C[C@@]4(C)C3CC[C@@H]4O)[C@]21C. The number of hydrogen-bond donors (Lipinski definition) is 2. The van der Waals surface area contributed by atoms with E-state index in [1.807, 2.05) is 18.7 Å². The second-order valence-electron chi connectivity index (χ2n) is 11.5. The molecule has 1 saturated carbocycles. The maximum Gasteiger partial charge on any atom is 0.340 e. The number of Topliss-reactive ketones (excluding diaryl/α,β-unsaturated/α-hetero) is 1. The van der Waals surface area contributed by atoms with Crippen LogP contribution in [0.2, 0.25) is 0 Å². The number of aliphatic hydroxyl groups excluding tert-OH is 2. The van der Waals surface area contributed by atoms with E-state index in [2.05, 4.69) is 0 Å². The Morgan fingerprint density at radius 1 is 1.19 bits per heavy atom. The molecule has 2 aliphatic heterocycles. The molecule has 3 aliphatic carbocycles. The molecule has 0 aromatic carbocycles. The Morgan fingerprint density at radius 2 is 1.89 bits per heavy atom. The number of esters is 2. The van der Waals surface area contributed by atoms with Crippen molar-refractivity contribution in [2.75, 3.05) is 26.8 Å². The molecule has 37 heavy (non-hydrogen) atoms. The molecule has 9 heteroatoms. The van der Waals surface area contributed by atoms with Gasteiger partial charge in [-0.2, -0.15) is 0 Å². The van der Waals surface area contributed by atoms with Crippen molar-refractivity contribution in [3.05, 3.63) is 34.3 Å². The first kappa shape index (κ1) is 26.0. The Hall–Kier alpha value is -2.65. The number of aliphatic hydroxyl groups is 2. The lowest BCUT2D eigenvalue weighted by molar-refractivity contribution is -0.161. The molecule has 1 unspecified atom stereocenters. The minimum Gasteiger partial charge on any atom is -0.504 e. The Kier molecular flexibility index (Phi) is 6.51. The van der Waals surface area contributed by atoms with Crippen LogP contribution in [-0.4, -0.2) is 78.0 Å². The van der Waals surface area contributed by atoms with Gasteiger partial charge in [-0.3, -0.25) is 9.59 Å². The molecule has 3 fully saturated rings. The Bertz CT molecular complexity index is 1120. The van der Waals surface area contributed by atoms with E-state index < -0.39 is 52.6 Å². The number of fused-ring (bicyclic) bond motifs is 4. The van der Waals surface area contributed by atoms with Gasteiger partial charge in [0.15, 0.2) is 5.76 Å². The van der Waals surface area contributed by atoms with E-state index in [0.29, 0.717) is 30.4 Å². The number of hydrogen-bond acceptors (Lipinski definition) is 9. The Morgan fingerprint density at radius 3 is 2.54 bits per heavy atom. The number of rotatable bonds is 4. The Balaban J connectivity index is 1.74. The maximum atomic E-state index is 14.0. The number of nitrogens with zero attached hydrogens (tertiary/aromatic N) is 1. The van der Waals surface area contributed by atoms with Crippen molar-refractivity contribution < 1.29 is 38.8 Å². The van der Waals surface area contributed by atoms with E-state index >= 15 is 0 Å². The van der Waals surface area contributed by atoms with Gasteiger partial charge >= 0.3 is 11.9 Å². The van der Waals surface area contributed by atoms with Gasteiger partial charge in [-0.15, -0.1) is 0 Å². The zero-order valence-corrected chi connectivity index (χ0v) is 22.0. The summed E-state index contributed by atoms with van der Waals surface area (Å²) in [5, 5.41) is 22.5. The highest BCUT2D eigenvalue weighted by Gasteiger charge is 2.64. The van der Waals surface area contributed by atoms with Crippen molar-refractivity contribution in [3.8, 4) is 0 Å². The lowest BCUT2D eigenvalue weighted by atomic mass is 9.53. The molecule has 0 amide bonds. The maximum absolute atomic E-state index is 14.0. The summed E-state index contributed by atoms with van der Waals surface area (Å²) in [6, 6.07) is 0. The van der Waals surface area contributed by atoms with Crippen molar-refractivity contribution in [2.24, 2.45) is 16.7 Å². The van der Waals surface area contributed by atoms with Gasteiger partial charge in [-0.25, -0.2) is 4.79 Å². The second kappa shape index (κ2) is 9.27. The van der Waals surface area contributed by atoms with Crippen molar-refractivity contribution >= 4 is 17.7 Å². The van der Waals surface area contributed by atoms with Gasteiger partial charge in [0, 0.05) is 49.9 Å². The van der Waals surface area contributed by atoms with Gasteiger partial charge in [0.2, 0.25) is 5.78 Å². The van der Waals surface area contributed by atoms with E-state index in [9.17, 15) is 24.6 Å². The van der Waals surface area contributed by atoms with Crippen LogP contribution in [-0.2, 0) is 28.6 Å². The quantitative estimate of drug-likeness (QED) is 0.430. The van der Waals surface area contributed by atoms with E-state index in [4.69, 9.17) is 14.2 Å². The molecule has 0 bridgehead atoms. The molecule has 2 saturated heterocycles. The van der Waals surface area contributed by atoms with E-state index in [1.165, 1.54) is 14.0 Å². The minimum atomic E-state index is -1.17. The van der Waals surface area contributed by atoms with Crippen LogP contribution in [0.5, 0.6) is 0 Å². The number of ether oxygens (including phenoxy) is 3. The second-order valence-corrected chi connectivity index (χ2v) is 11.5. The van der Waals surface area contributed by atoms with Crippen LogP contribution in [0.4, 0.5) is 0 Å². The van der Waals surface area contributed by atoms with Gasteiger partial charge in [0.1, 0.15) is 12.2 Å². The predicted octanol–water partition coefficient (Wildman–Crippen LogP) is 2.74. The lowest BCUT2D eigenvalue weighted by Crippen LogP contribution is -2.57. The number of cyclic esters (lactones) is 1. The summed E-state index contributed by atoms with van der Waals surface area (Å²) in [5.74, 6) is -2.50. The highest BCUT2D eigenvalue weighted by Crippen LogP contribution is 2.63. The first-order valence-corrected chi connectivity index (χ1v) is 13.3. The summed E-state index contributed by atoms with van der Waals surface area (Å²) in [5.41, 5.74) is -0.590. The normalized spacial score (nSPS) is 38.8. The molecular formula is C28H37NO8. The minimum absolute atomic E-state index is 0.0261. The summed E-state index contributed by atoms with van der Waals surface area (Å²) >= 11 is 0. The molecule has 5 aliphatic rings. The van der Waals surface area contributed by atoms with Crippen LogP contribution >= 0.6 is 0 Å². The molecule has 0 aromatic heterocycles. The zero-order valence-electron chi connectivity index (χ0n) is 22.0. The Labute approximate surface area is 217 Å². The smallest absolute Gasteiger partial charge is 0.340 e.